The normalized spacial score (nSPS) is 17.5. The standard InChI is InChI=1S/C16H26N2O3/c1-11-10-14(12(2)21-11)15(19)8-9-17-16(20)18-13-6-4-3-5-7-13/h10,13,15,19H,3-9H2,1-2H3,(H2,17,18,20). The predicted octanol–water partition coefficient (Wildman–Crippen LogP) is 2.95. The highest BCUT2D eigenvalue weighted by Gasteiger charge is 2.17. The maximum absolute atomic E-state index is 11.8. The molecule has 5 nitrogen and oxygen atoms in total. The van der Waals surface area contributed by atoms with E-state index in [4.69, 9.17) is 4.42 Å². The van der Waals surface area contributed by atoms with Crippen LogP contribution < -0.4 is 10.6 Å². The molecule has 1 atom stereocenters. The SMILES string of the molecule is Cc1cc(C(O)CCNC(=O)NC2CCCCC2)c(C)o1. The summed E-state index contributed by atoms with van der Waals surface area (Å²) in [4.78, 5) is 11.8. The van der Waals surface area contributed by atoms with Crippen LogP contribution in [-0.2, 0) is 0 Å². The van der Waals surface area contributed by atoms with Gasteiger partial charge in [-0.25, -0.2) is 4.79 Å². The maximum Gasteiger partial charge on any atom is 0.315 e. The van der Waals surface area contributed by atoms with Crippen molar-refractivity contribution in [2.75, 3.05) is 6.54 Å². The van der Waals surface area contributed by atoms with Crippen molar-refractivity contribution in [3.63, 3.8) is 0 Å². The van der Waals surface area contributed by atoms with Gasteiger partial charge in [0.1, 0.15) is 11.5 Å². The first-order chi connectivity index (χ1) is 10.1. The van der Waals surface area contributed by atoms with E-state index in [1.54, 1.807) is 0 Å². The lowest BCUT2D eigenvalue weighted by atomic mass is 9.96. The second-order valence-corrected chi connectivity index (χ2v) is 5.91. The molecule has 0 spiro atoms. The number of hydrogen-bond acceptors (Lipinski definition) is 3. The van der Waals surface area contributed by atoms with Crippen molar-refractivity contribution < 1.29 is 14.3 Å². The fraction of sp³-hybridized carbons (Fsp3) is 0.688. The Bertz CT molecular complexity index is 464. The Morgan fingerprint density at radius 1 is 1.38 bits per heavy atom. The van der Waals surface area contributed by atoms with Gasteiger partial charge < -0.3 is 20.2 Å². The van der Waals surface area contributed by atoms with Crippen LogP contribution >= 0.6 is 0 Å². The van der Waals surface area contributed by atoms with E-state index in [2.05, 4.69) is 10.6 Å². The van der Waals surface area contributed by atoms with Gasteiger partial charge in [-0.05, 0) is 39.2 Å². The van der Waals surface area contributed by atoms with Gasteiger partial charge in [-0.2, -0.15) is 0 Å². The molecule has 0 radical (unpaired) electrons. The van der Waals surface area contributed by atoms with Gasteiger partial charge in [0.15, 0.2) is 0 Å². The highest BCUT2D eigenvalue weighted by molar-refractivity contribution is 5.74. The van der Waals surface area contributed by atoms with Crippen molar-refractivity contribution in [1.29, 1.82) is 0 Å². The lowest BCUT2D eigenvalue weighted by molar-refractivity contribution is 0.164. The summed E-state index contributed by atoms with van der Waals surface area (Å²) < 4.78 is 5.40. The third kappa shape index (κ3) is 4.77. The second-order valence-electron chi connectivity index (χ2n) is 5.91. The van der Waals surface area contributed by atoms with Crippen LogP contribution in [0.2, 0.25) is 0 Å². The zero-order valence-corrected chi connectivity index (χ0v) is 12.9. The van der Waals surface area contributed by atoms with E-state index in [-0.39, 0.29) is 6.03 Å². The van der Waals surface area contributed by atoms with Crippen molar-refractivity contribution in [2.24, 2.45) is 0 Å². The molecule has 21 heavy (non-hydrogen) atoms. The summed E-state index contributed by atoms with van der Waals surface area (Å²) in [5.41, 5.74) is 0.807. The first kappa shape index (κ1) is 15.9. The molecule has 1 aromatic heterocycles. The second kappa shape index (κ2) is 7.50. The zero-order chi connectivity index (χ0) is 15.2. The third-order valence-corrected chi connectivity index (χ3v) is 4.08. The maximum atomic E-state index is 11.8. The average molecular weight is 294 g/mol. The van der Waals surface area contributed by atoms with E-state index in [0.717, 1.165) is 29.9 Å². The van der Waals surface area contributed by atoms with Gasteiger partial charge in [-0.3, -0.25) is 0 Å². The van der Waals surface area contributed by atoms with Crippen LogP contribution in [0.3, 0.4) is 0 Å². The summed E-state index contributed by atoms with van der Waals surface area (Å²) in [6.07, 6.45) is 5.70. The van der Waals surface area contributed by atoms with Crippen molar-refractivity contribution in [3.8, 4) is 0 Å². The highest BCUT2D eigenvalue weighted by atomic mass is 16.3. The Kier molecular flexibility index (Phi) is 5.67. The van der Waals surface area contributed by atoms with Crippen LogP contribution in [0.4, 0.5) is 4.79 Å². The molecule has 1 fully saturated rings. The molecule has 1 unspecified atom stereocenters. The van der Waals surface area contributed by atoms with E-state index < -0.39 is 6.10 Å². The molecule has 0 aliphatic heterocycles. The van der Waals surface area contributed by atoms with Crippen LogP contribution in [0.15, 0.2) is 10.5 Å². The van der Waals surface area contributed by atoms with Gasteiger partial charge >= 0.3 is 6.03 Å². The molecule has 1 aliphatic rings. The summed E-state index contributed by atoms with van der Waals surface area (Å²) in [7, 11) is 0. The number of carbonyl (C=O) groups excluding carboxylic acids is 1. The summed E-state index contributed by atoms with van der Waals surface area (Å²) in [6.45, 7) is 4.15. The van der Waals surface area contributed by atoms with E-state index in [1.807, 2.05) is 19.9 Å². The van der Waals surface area contributed by atoms with Crippen LogP contribution in [0.5, 0.6) is 0 Å². The minimum atomic E-state index is -0.600. The fourth-order valence-electron chi connectivity index (χ4n) is 2.94. The average Bonchev–Trinajstić information content (AvgIpc) is 2.79. The number of aliphatic hydroxyl groups is 1. The summed E-state index contributed by atoms with van der Waals surface area (Å²) in [5, 5.41) is 15.9. The molecule has 1 aromatic rings. The Hall–Kier alpha value is -1.49. The fourth-order valence-corrected chi connectivity index (χ4v) is 2.94. The van der Waals surface area contributed by atoms with Gasteiger partial charge in [0.25, 0.3) is 0 Å². The number of urea groups is 1. The third-order valence-electron chi connectivity index (χ3n) is 4.08. The first-order valence-corrected chi connectivity index (χ1v) is 7.85. The number of amides is 2. The molecule has 0 bridgehead atoms. The van der Waals surface area contributed by atoms with Crippen molar-refractivity contribution >= 4 is 6.03 Å². The summed E-state index contributed by atoms with van der Waals surface area (Å²) >= 11 is 0. The van der Waals surface area contributed by atoms with Gasteiger partial charge in [-0.15, -0.1) is 0 Å². The molecule has 5 heteroatoms. The molecule has 3 N–H and O–H groups in total. The summed E-state index contributed by atoms with van der Waals surface area (Å²) in [6, 6.07) is 2.03. The van der Waals surface area contributed by atoms with Gasteiger partial charge in [-0.1, -0.05) is 19.3 Å². The molecule has 1 saturated carbocycles. The van der Waals surface area contributed by atoms with E-state index in [9.17, 15) is 9.90 Å². The quantitative estimate of drug-likeness (QED) is 0.781. The lowest BCUT2D eigenvalue weighted by Crippen LogP contribution is -2.43. The molecule has 2 rings (SSSR count). The largest absolute Gasteiger partial charge is 0.466 e. The summed E-state index contributed by atoms with van der Waals surface area (Å²) in [5.74, 6) is 1.54. The Labute approximate surface area is 126 Å². The number of nitrogens with one attached hydrogen (secondary N) is 2. The minimum Gasteiger partial charge on any atom is -0.466 e. The van der Waals surface area contributed by atoms with Crippen molar-refractivity contribution in [2.45, 2.75) is 64.5 Å². The first-order valence-electron chi connectivity index (χ1n) is 7.85. The van der Waals surface area contributed by atoms with Crippen LogP contribution in [0, 0.1) is 13.8 Å². The number of aliphatic hydroxyl groups excluding tert-OH is 1. The predicted molar refractivity (Wildman–Crippen MR) is 81.2 cm³/mol. The molecule has 0 aromatic carbocycles. The molecular formula is C16H26N2O3. The van der Waals surface area contributed by atoms with E-state index >= 15 is 0 Å². The van der Waals surface area contributed by atoms with E-state index in [0.29, 0.717) is 19.0 Å². The Morgan fingerprint density at radius 2 is 2.10 bits per heavy atom. The van der Waals surface area contributed by atoms with Crippen LogP contribution in [-0.4, -0.2) is 23.7 Å². The minimum absolute atomic E-state index is 0.130. The Morgan fingerprint density at radius 3 is 2.71 bits per heavy atom. The zero-order valence-electron chi connectivity index (χ0n) is 12.9. The number of aryl methyl sites for hydroxylation is 2. The van der Waals surface area contributed by atoms with Gasteiger partial charge in [0, 0.05) is 18.2 Å². The molecule has 1 heterocycles. The topological polar surface area (TPSA) is 74.5 Å². The monoisotopic (exact) mass is 294 g/mol. The molecular weight excluding hydrogens is 268 g/mol. The van der Waals surface area contributed by atoms with Crippen molar-refractivity contribution in [1.82, 2.24) is 10.6 Å². The van der Waals surface area contributed by atoms with Crippen molar-refractivity contribution in [3.05, 3.63) is 23.2 Å². The number of rotatable bonds is 5. The van der Waals surface area contributed by atoms with Crippen LogP contribution in [0.1, 0.15) is 61.7 Å². The molecule has 2 amide bonds. The van der Waals surface area contributed by atoms with E-state index in [1.165, 1.54) is 19.3 Å². The number of hydrogen-bond donors (Lipinski definition) is 3. The van der Waals surface area contributed by atoms with Gasteiger partial charge in [0.05, 0.1) is 6.10 Å². The van der Waals surface area contributed by atoms with Crippen LogP contribution in [0.25, 0.3) is 0 Å². The molecule has 0 saturated heterocycles. The molecule has 118 valence electrons. The number of carbonyl (C=O) groups is 1. The lowest BCUT2D eigenvalue weighted by Gasteiger charge is -2.23. The smallest absolute Gasteiger partial charge is 0.315 e. The van der Waals surface area contributed by atoms with Gasteiger partial charge in [0.2, 0.25) is 0 Å². The Balaban J connectivity index is 1.68. The highest BCUT2D eigenvalue weighted by Crippen LogP contribution is 2.23. The molecule has 1 aliphatic carbocycles. The number of furan rings is 1.